The first-order valence-electron chi connectivity index (χ1n) is 7.03. The van der Waals surface area contributed by atoms with Crippen molar-refractivity contribution in [2.75, 3.05) is 12.3 Å². The first kappa shape index (κ1) is 16.5. The van der Waals surface area contributed by atoms with Crippen molar-refractivity contribution in [1.29, 1.82) is 0 Å². The van der Waals surface area contributed by atoms with Gasteiger partial charge in [0.25, 0.3) is 0 Å². The standard InChI is InChI=1S/C17H18FNO2S/c18-14-6-4-5-13(11-14)16(20)12-17(21)19-9-10-22-15-7-2-1-3-8-15/h1-8,11,16,20H,9-10,12H2,(H,19,21). The number of carbonyl (C=O) groups excluding carboxylic acids is 1. The SMILES string of the molecule is O=C(CC(O)c1cccc(F)c1)NCCSc1ccccc1. The van der Waals surface area contributed by atoms with Crippen LogP contribution in [0.25, 0.3) is 0 Å². The summed E-state index contributed by atoms with van der Waals surface area (Å²) in [7, 11) is 0. The fraction of sp³-hybridized carbons (Fsp3) is 0.235. The van der Waals surface area contributed by atoms with E-state index in [2.05, 4.69) is 5.32 Å². The molecule has 5 heteroatoms. The zero-order valence-corrected chi connectivity index (χ0v) is 12.9. The fourth-order valence-corrected chi connectivity index (χ4v) is 2.74. The number of hydrogen-bond donors (Lipinski definition) is 2. The molecule has 0 saturated carbocycles. The summed E-state index contributed by atoms with van der Waals surface area (Å²) < 4.78 is 13.1. The van der Waals surface area contributed by atoms with Gasteiger partial charge in [-0.3, -0.25) is 4.79 Å². The Bertz CT molecular complexity index is 607. The first-order valence-corrected chi connectivity index (χ1v) is 8.02. The highest BCUT2D eigenvalue weighted by Crippen LogP contribution is 2.18. The molecular formula is C17H18FNO2S. The highest BCUT2D eigenvalue weighted by molar-refractivity contribution is 7.99. The molecule has 1 atom stereocenters. The summed E-state index contributed by atoms with van der Waals surface area (Å²) in [4.78, 5) is 12.9. The molecule has 2 aromatic carbocycles. The molecular weight excluding hydrogens is 301 g/mol. The highest BCUT2D eigenvalue weighted by atomic mass is 32.2. The van der Waals surface area contributed by atoms with Crippen LogP contribution in [0.3, 0.4) is 0 Å². The number of aliphatic hydroxyl groups is 1. The zero-order valence-electron chi connectivity index (χ0n) is 12.0. The molecule has 0 bridgehead atoms. The lowest BCUT2D eigenvalue weighted by molar-refractivity contribution is -0.122. The van der Waals surface area contributed by atoms with Crippen molar-refractivity contribution in [3.05, 3.63) is 66.0 Å². The number of amides is 1. The second-order valence-electron chi connectivity index (χ2n) is 4.79. The van der Waals surface area contributed by atoms with Crippen LogP contribution in [0.2, 0.25) is 0 Å². The smallest absolute Gasteiger partial charge is 0.222 e. The Hall–Kier alpha value is -1.85. The minimum Gasteiger partial charge on any atom is -0.388 e. The normalized spacial score (nSPS) is 11.9. The predicted molar refractivity (Wildman–Crippen MR) is 86.2 cm³/mol. The Balaban J connectivity index is 1.69. The quantitative estimate of drug-likeness (QED) is 0.609. The van der Waals surface area contributed by atoms with Crippen molar-refractivity contribution in [2.24, 2.45) is 0 Å². The zero-order chi connectivity index (χ0) is 15.8. The van der Waals surface area contributed by atoms with Crippen LogP contribution in [-0.4, -0.2) is 23.3 Å². The number of benzene rings is 2. The number of thioether (sulfide) groups is 1. The molecule has 2 N–H and O–H groups in total. The lowest BCUT2D eigenvalue weighted by atomic mass is 10.1. The highest BCUT2D eigenvalue weighted by Gasteiger charge is 2.13. The molecule has 1 amide bonds. The van der Waals surface area contributed by atoms with Gasteiger partial charge in [0.2, 0.25) is 5.91 Å². The average Bonchev–Trinajstić information content (AvgIpc) is 2.52. The van der Waals surface area contributed by atoms with Crippen molar-refractivity contribution in [1.82, 2.24) is 5.32 Å². The van der Waals surface area contributed by atoms with Gasteiger partial charge in [0, 0.05) is 17.2 Å². The van der Waals surface area contributed by atoms with Crippen LogP contribution < -0.4 is 5.32 Å². The molecule has 0 fully saturated rings. The van der Waals surface area contributed by atoms with Crippen molar-refractivity contribution in [3.8, 4) is 0 Å². The van der Waals surface area contributed by atoms with Gasteiger partial charge in [0.1, 0.15) is 5.82 Å². The van der Waals surface area contributed by atoms with Gasteiger partial charge < -0.3 is 10.4 Å². The minimum absolute atomic E-state index is 0.0700. The fourth-order valence-electron chi connectivity index (χ4n) is 1.96. The van der Waals surface area contributed by atoms with Crippen molar-refractivity contribution in [3.63, 3.8) is 0 Å². The molecule has 0 spiro atoms. The van der Waals surface area contributed by atoms with E-state index in [9.17, 15) is 14.3 Å². The molecule has 116 valence electrons. The second kappa shape index (κ2) is 8.56. The number of nitrogens with one attached hydrogen (secondary N) is 1. The van der Waals surface area contributed by atoms with Crippen LogP contribution in [-0.2, 0) is 4.79 Å². The van der Waals surface area contributed by atoms with E-state index in [1.807, 2.05) is 30.3 Å². The third kappa shape index (κ3) is 5.50. The molecule has 2 aromatic rings. The summed E-state index contributed by atoms with van der Waals surface area (Å²) in [5.41, 5.74) is 0.411. The number of halogens is 1. The van der Waals surface area contributed by atoms with Crippen molar-refractivity contribution >= 4 is 17.7 Å². The summed E-state index contributed by atoms with van der Waals surface area (Å²) in [6.07, 6.45) is -1.06. The van der Waals surface area contributed by atoms with Gasteiger partial charge in [0.05, 0.1) is 12.5 Å². The molecule has 22 heavy (non-hydrogen) atoms. The molecule has 2 rings (SSSR count). The van der Waals surface area contributed by atoms with Crippen LogP contribution in [0, 0.1) is 5.82 Å². The number of aliphatic hydroxyl groups excluding tert-OH is 1. The van der Waals surface area contributed by atoms with Crippen LogP contribution >= 0.6 is 11.8 Å². The molecule has 0 radical (unpaired) electrons. The van der Waals surface area contributed by atoms with Gasteiger partial charge in [-0.2, -0.15) is 0 Å². The largest absolute Gasteiger partial charge is 0.388 e. The van der Waals surface area contributed by atoms with E-state index in [0.29, 0.717) is 12.1 Å². The molecule has 0 aliphatic heterocycles. The van der Waals surface area contributed by atoms with E-state index in [1.165, 1.54) is 18.2 Å². The molecule has 3 nitrogen and oxygen atoms in total. The van der Waals surface area contributed by atoms with Crippen LogP contribution in [0.4, 0.5) is 4.39 Å². The van der Waals surface area contributed by atoms with E-state index in [-0.39, 0.29) is 12.3 Å². The Morgan fingerprint density at radius 3 is 2.68 bits per heavy atom. The second-order valence-corrected chi connectivity index (χ2v) is 5.95. The summed E-state index contributed by atoms with van der Waals surface area (Å²) in [6, 6.07) is 15.6. The Kier molecular flexibility index (Phi) is 6.43. The third-order valence-corrected chi connectivity index (χ3v) is 4.06. The lowest BCUT2D eigenvalue weighted by Gasteiger charge is -2.11. The number of rotatable bonds is 7. The summed E-state index contributed by atoms with van der Waals surface area (Å²) in [5, 5.41) is 12.7. The topological polar surface area (TPSA) is 49.3 Å². The molecule has 0 saturated heterocycles. The molecule has 1 unspecified atom stereocenters. The van der Waals surface area contributed by atoms with E-state index in [1.54, 1.807) is 17.8 Å². The Morgan fingerprint density at radius 2 is 1.95 bits per heavy atom. The van der Waals surface area contributed by atoms with Gasteiger partial charge in [-0.25, -0.2) is 4.39 Å². The van der Waals surface area contributed by atoms with E-state index >= 15 is 0 Å². The number of hydrogen-bond acceptors (Lipinski definition) is 3. The van der Waals surface area contributed by atoms with Gasteiger partial charge in [-0.1, -0.05) is 30.3 Å². The van der Waals surface area contributed by atoms with Gasteiger partial charge >= 0.3 is 0 Å². The van der Waals surface area contributed by atoms with E-state index in [0.717, 1.165) is 10.6 Å². The lowest BCUT2D eigenvalue weighted by Crippen LogP contribution is -2.27. The van der Waals surface area contributed by atoms with Crippen molar-refractivity contribution < 1.29 is 14.3 Å². The van der Waals surface area contributed by atoms with E-state index in [4.69, 9.17) is 0 Å². The predicted octanol–water partition coefficient (Wildman–Crippen LogP) is 3.16. The van der Waals surface area contributed by atoms with Crippen LogP contribution in [0.1, 0.15) is 18.1 Å². The van der Waals surface area contributed by atoms with E-state index < -0.39 is 11.9 Å². The number of carbonyl (C=O) groups is 1. The summed E-state index contributed by atoms with van der Waals surface area (Å²) >= 11 is 1.65. The summed E-state index contributed by atoms with van der Waals surface area (Å²) in [6.45, 7) is 0.522. The first-order chi connectivity index (χ1) is 10.6. The third-order valence-electron chi connectivity index (χ3n) is 3.05. The monoisotopic (exact) mass is 319 g/mol. The van der Waals surface area contributed by atoms with Crippen molar-refractivity contribution in [2.45, 2.75) is 17.4 Å². The molecule has 0 aromatic heterocycles. The maximum atomic E-state index is 13.1. The summed E-state index contributed by atoms with van der Waals surface area (Å²) in [5.74, 6) is 0.0906. The van der Waals surface area contributed by atoms with Gasteiger partial charge in [-0.05, 0) is 29.8 Å². The maximum Gasteiger partial charge on any atom is 0.222 e. The molecule has 0 aliphatic rings. The van der Waals surface area contributed by atoms with Crippen LogP contribution in [0.5, 0.6) is 0 Å². The Morgan fingerprint density at radius 1 is 1.18 bits per heavy atom. The Labute approximate surface area is 133 Å². The molecule has 0 aliphatic carbocycles. The maximum absolute atomic E-state index is 13.1. The van der Waals surface area contributed by atoms with Crippen LogP contribution in [0.15, 0.2) is 59.5 Å². The average molecular weight is 319 g/mol. The minimum atomic E-state index is -0.988. The molecule has 0 heterocycles. The van der Waals surface area contributed by atoms with Gasteiger partial charge in [0.15, 0.2) is 0 Å². The van der Waals surface area contributed by atoms with Gasteiger partial charge in [-0.15, -0.1) is 11.8 Å².